The zero-order chi connectivity index (χ0) is 15.1. The van der Waals surface area contributed by atoms with E-state index in [4.69, 9.17) is 1.37 Å². The van der Waals surface area contributed by atoms with Gasteiger partial charge < -0.3 is 5.11 Å². The molecule has 1 heteroatoms. The quantitative estimate of drug-likeness (QED) is 0.493. The van der Waals surface area contributed by atoms with E-state index in [-0.39, 0.29) is 11.8 Å². The fourth-order valence-corrected chi connectivity index (χ4v) is 2.91. The first-order valence-corrected chi connectivity index (χ1v) is 6.95. The molecule has 0 fully saturated rings. The van der Waals surface area contributed by atoms with Gasteiger partial charge in [-0.1, -0.05) is 72.8 Å². The van der Waals surface area contributed by atoms with Gasteiger partial charge in [0, 0.05) is 5.56 Å². The maximum absolute atomic E-state index is 10.5. The normalized spacial score (nSPS) is 11.7. The highest BCUT2D eigenvalue weighted by Crippen LogP contribution is 2.39. The highest BCUT2D eigenvalue weighted by Gasteiger charge is 2.11. The molecule has 1 nitrogen and oxygen atoms in total. The molecule has 0 aliphatic carbocycles. The molecule has 0 atom stereocenters. The maximum Gasteiger partial charge on any atom is 0.124 e. The van der Waals surface area contributed by atoms with E-state index in [1.807, 2.05) is 48.5 Å². The van der Waals surface area contributed by atoms with Crippen molar-refractivity contribution in [2.45, 2.75) is 0 Å². The lowest BCUT2D eigenvalue weighted by Gasteiger charge is -2.12. The first-order chi connectivity index (χ1) is 10.8. The molecular weight excluding hydrogens is 256 g/mol. The summed E-state index contributed by atoms with van der Waals surface area (Å²) >= 11 is 0. The van der Waals surface area contributed by atoms with Crippen LogP contribution in [0.3, 0.4) is 0 Å². The summed E-state index contributed by atoms with van der Waals surface area (Å²) in [7, 11) is 0. The second kappa shape index (κ2) is 4.64. The first kappa shape index (κ1) is 10.9. The topological polar surface area (TPSA) is 20.2 Å². The SMILES string of the molecule is [2H]c1cc2ccccc2c(-c2cccc3ccccc23)c1O. The molecule has 21 heavy (non-hydrogen) atoms. The summed E-state index contributed by atoms with van der Waals surface area (Å²) in [6.07, 6.45) is 0. The molecule has 100 valence electrons. The van der Waals surface area contributed by atoms with Gasteiger partial charge >= 0.3 is 0 Å². The molecule has 4 rings (SSSR count). The molecule has 0 aliphatic rings. The molecule has 0 unspecified atom stereocenters. The predicted octanol–water partition coefficient (Wildman–Crippen LogP) is 5.37. The van der Waals surface area contributed by atoms with Crippen LogP contribution in [0.15, 0.2) is 78.8 Å². The highest BCUT2D eigenvalue weighted by atomic mass is 16.3. The Labute approximate surface area is 124 Å². The minimum absolute atomic E-state index is 0.0371. The molecule has 0 amide bonds. The minimum atomic E-state index is 0.0371. The van der Waals surface area contributed by atoms with Gasteiger partial charge in [-0.25, -0.2) is 0 Å². The molecule has 0 radical (unpaired) electrons. The van der Waals surface area contributed by atoms with E-state index in [0.717, 1.165) is 32.7 Å². The Hall–Kier alpha value is -2.80. The Balaban J connectivity index is 2.19. The van der Waals surface area contributed by atoms with Gasteiger partial charge in [0.1, 0.15) is 5.75 Å². The molecule has 0 bridgehead atoms. The number of benzene rings is 4. The van der Waals surface area contributed by atoms with Gasteiger partial charge in [-0.15, -0.1) is 0 Å². The van der Waals surface area contributed by atoms with E-state index in [1.54, 1.807) is 6.07 Å². The van der Waals surface area contributed by atoms with E-state index in [1.165, 1.54) is 0 Å². The van der Waals surface area contributed by atoms with E-state index in [0.29, 0.717) is 0 Å². The van der Waals surface area contributed by atoms with Crippen molar-refractivity contribution in [3.63, 3.8) is 0 Å². The largest absolute Gasteiger partial charge is 0.507 e. The van der Waals surface area contributed by atoms with Gasteiger partial charge in [0.15, 0.2) is 0 Å². The number of rotatable bonds is 1. The molecule has 0 saturated carbocycles. The summed E-state index contributed by atoms with van der Waals surface area (Å²) in [5.41, 5.74) is 1.70. The molecule has 0 spiro atoms. The van der Waals surface area contributed by atoms with Gasteiger partial charge in [-0.05, 0) is 33.2 Å². The van der Waals surface area contributed by atoms with Crippen molar-refractivity contribution in [1.29, 1.82) is 0 Å². The number of aromatic hydroxyl groups is 1. The molecule has 0 saturated heterocycles. The number of fused-ring (bicyclic) bond motifs is 2. The van der Waals surface area contributed by atoms with E-state index >= 15 is 0 Å². The average molecular weight is 271 g/mol. The van der Waals surface area contributed by atoms with Gasteiger partial charge in [0.05, 0.1) is 1.37 Å². The Morgan fingerprint density at radius 1 is 0.667 bits per heavy atom. The van der Waals surface area contributed by atoms with Gasteiger partial charge in [-0.3, -0.25) is 0 Å². The monoisotopic (exact) mass is 271 g/mol. The third kappa shape index (κ3) is 1.86. The van der Waals surface area contributed by atoms with Crippen molar-refractivity contribution >= 4 is 21.5 Å². The molecule has 4 aromatic carbocycles. The fraction of sp³-hybridized carbons (Fsp3) is 0. The maximum atomic E-state index is 10.5. The lowest BCUT2D eigenvalue weighted by Crippen LogP contribution is -1.85. The molecule has 0 heterocycles. The molecule has 4 aromatic rings. The van der Waals surface area contributed by atoms with Gasteiger partial charge in [-0.2, -0.15) is 0 Å². The van der Waals surface area contributed by atoms with Crippen LogP contribution >= 0.6 is 0 Å². The Morgan fingerprint density at radius 2 is 1.29 bits per heavy atom. The minimum Gasteiger partial charge on any atom is -0.507 e. The molecular formula is C20H14O. The fourth-order valence-electron chi connectivity index (χ4n) is 2.91. The van der Waals surface area contributed by atoms with Crippen LogP contribution in [0, 0.1) is 0 Å². The summed E-state index contributed by atoms with van der Waals surface area (Å²) in [5, 5.41) is 14.7. The predicted molar refractivity (Wildman–Crippen MR) is 88.6 cm³/mol. The third-order valence-corrected chi connectivity index (χ3v) is 3.89. The van der Waals surface area contributed by atoms with Crippen LogP contribution in [0.2, 0.25) is 0 Å². The summed E-state index contributed by atoms with van der Waals surface area (Å²) in [6.45, 7) is 0. The Morgan fingerprint density at radius 3 is 2.10 bits per heavy atom. The lowest BCUT2D eigenvalue weighted by molar-refractivity contribution is 0.478. The van der Waals surface area contributed by atoms with Crippen LogP contribution in [0.1, 0.15) is 1.37 Å². The van der Waals surface area contributed by atoms with Crippen molar-refractivity contribution < 1.29 is 6.48 Å². The number of hydrogen-bond donors (Lipinski definition) is 1. The van der Waals surface area contributed by atoms with E-state index < -0.39 is 0 Å². The summed E-state index contributed by atoms with van der Waals surface area (Å²) in [6, 6.07) is 23.9. The van der Waals surface area contributed by atoms with Crippen LogP contribution in [-0.4, -0.2) is 5.11 Å². The van der Waals surface area contributed by atoms with Crippen molar-refractivity contribution in [3.8, 4) is 16.9 Å². The molecule has 0 aromatic heterocycles. The van der Waals surface area contributed by atoms with Crippen molar-refractivity contribution in [3.05, 3.63) is 78.8 Å². The smallest absolute Gasteiger partial charge is 0.124 e. The highest BCUT2D eigenvalue weighted by molar-refractivity contribution is 6.07. The second-order valence-electron chi connectivity index (χ2n) is 5.13. The van der Waals surface area contributed by atoms with Crippen LogP contribution in [0.4, 0.5) is 0 Å². The number of phenols is 1. The van der Waals surface area contributed by atoms with Crippen LogP contribution in [-0.2, 0) is 0 Å². The van der Waals surface area contributed by atoms with E-state index in [2.05, 4.69) is 18.2 Å². The Bertz CT molecular complexity index is 1000. The van der Waals surface area contributed by atoms with E-state index in [9.17, 15) is 5.11 Å². The van der Waals surface area contributed by atoms with Crippen molar-refractivity contribution in [2.75, 3.05) is 0 Å². The van der Waals surface area contributed by atoms with Crippen LogP contribution in [0.5, 0.6) is 5.75 Å². The number of hydrogen-bond acceptors (Lipinski definition) is 1. The zero-order valence-corrected chi connectivity index (χ0v) is 11.4. The van der Waals surface area contributed by atoms with Crippen LogP contribution in [0.25, 0.3) is 32.7 Å². The molecule has 1 N–H and O–H groups in total. The Kier molecular flexibility index (Phi) is 2.41. The standard InChI is InChI=1S/C20H14O/c21-19-13-12-15-7-2-4-10-17(15)20(19)18-11-5-8-14-6-1-3-9-16(14)18/h1-13,21H/i13D. The average Bonchev–Trinajstić information content (AvgIpc) is 2.56. The third-order valence-electron chi connectivity index (χ3n) is 3.89. The summed E-state index contributed by atoms with van der Waals surface area (Å²) in [4.78, 5) is 0. The van der Waals surface area contributed by atoms with Crippen molar-refractivity contribution in [1.82, 2.24) is 0 Å². The summed E-state index contributed by atoms with van der Waals surface area (Å²) in [5.74, 6) is 0.0371. The number of phenolic OH excluding ortho intramolecular Hbond substituents is 1. The van der Waals surface area contributed by atoms with Gasteiger partial charge in [0.25, 0.3) is 0 Å². The zero-order valence-electron chi connectivity index (χ0n) is 12.4. The van der Waals surface area contributed by atoms with Gasteiger partial charge in [0.2, 0.25) is 0 Å². The van der Waals surface area contributed by atoms with Crippen molar-refractivity contribution in [2.24, 2.45) is 0 Å². The first-order valence-electron chi connectivity index (χ1n) is 7.45. The second-order valence-corrected chi connectivity index (χ2v) is 5.13. The molecule has 0 aliphatic heterocycles. The summed E-state index contributed by atoms with van der Waals surface area (Å²) < 4.78 is 8.05. The lowest BCUT2D eigenvalue weighted by atomic mass is 9.93. The van der Waals surface area contributed by atoms with Crippen LogP contribution < -0.4 is 0 Å².